The van der Waals surface area contributed by atoms with Gasteiger partial charge in [-0.05, 0) is 49.6 Å². The maximum atomic E-state index is 13.1. The van der Waals surface area contributed by atoms with Crippen LogP contribution in [0, 0.1) is 12.7 Å². The predicted molar refractivity (Wildman–Crippen MR) is 139 cm³/mol. The molecule has 2 N–H and O–H groups in total. The van der Waals surface area contributed by atoms with Crippen molar-refractivity contribution in [3.8, 4) is 0 Å². The Labute approximate surface area is 220 Å². The van der Waals surface area contributed by atoms with Crippen LogP contribution < -0.4 is 10.0 Å². The zero-order chi connectivity index (χ0) is 26.4. The second kappa shape index (κ2) is 11.9. The largest absolute Gasteiger partial charge is 0.349 e. The Hall–Kier alpha value is -3.15. The number of carbonyl (C=O) groups is 2. The van der Waals surface area contributed by atoms with Gasteiger partial charge in [0.25, 0.3) is 5.91 Å². The van der Waals surface area contributed by atoms with E-state index in [9.17, 15) is 22.4 Å². The Kier molecular flexibility index (Phi) is 8.67. The number of nitrogens with zero attached hydrogens (tertiary/aromatic N) is 2. The van der Waals surface area contributed by atoms with Crippen LogP contribution in [0.25, 0.3) is 0 Å². The molecule has 2 amide bonds. The molecule has 1 aliphatic rings. The van der Waals surface area contributed by atoms with Gasteiger partial charge in [0.2, 0.25) is 15.9 Å². The van der Waals surface area contributed by atoms with Crippen molar-refractivity contribution >= 4 is 33.2 Å². The molecule has 1 fully saturated rings. The number of benzene rings is 2. The first-order valence-electron chi connectivity index (χ1n) is 12.0. The molecule has 37 heavy (non-hydrogen) atoms. The van der Waals surface area contributed by atoms with Gasteiger partial charge in [0.15, 0.2) is 0 Å². The Balaban J connectivity index is 1.21. The van der Waals surface area contributed by atoms with E-state index in [0.717, 1.165) is 29.0 Å². The van der Waals surface area contributed by atoms with Gasteiger partial charge in [-0.1, -0.05) is 29.8 Å². The lowest BCUT2D eigenvalue weighted by molar-refractivity contribution is -0.131. The molecule has 0 radical (unpaired) electrons. The third-order valence-electron chi connectivity index (χ3n) is 6.25. The Bertz CT molecular complexity index is 1330. The number of aromatic nitrogens is 1. The lowest BCUT2D eigenvalue weighted by atomic mass is 9.97. The number of aryl methyl sites for hydroxylation is 1. The molecule has 1 saturated heterocycles. The number of amides is 2. The van der Waals surface area contributed by atoms with E-state index in [0.29, 0.717) is 18.8 Å². The molecule has 2 heterocycles. The van der Waals surface area contributed by atoms with E-state index in [1.165, 1.54) is 23.5 Å². The van der Waals surface area contributed by atoms with Crippen LogP contribution in [0.4, 0.5) is 4.39 Å². The van der Waals surface area contributed by atoms with Gasteiger partial charge in [0, 0.05) is 37.5 Å². The Morgan fingerprint density at radius 3 is 2.41 bits per heavy atom. The fourth-order valence-corrected chi connectivity index (χ4v) is 6.10. The zero-order valence-corrected chi connectivity index (χ0v) is 22.1. The predicted octanol–water partition coefficient (Wildman–Crippen LogP) is 3.25. The molecule has 0 atom stereocenters. The summed E-state index contributed by atoms with van der Waals surface area (Å²) in [4.78, 5) is 31.6. The fourth-order valence-electron chi connectivity index (χ4n) is 4.10. The maximum Gasteiger partial charge on any atom is 0.270 e. The van der Waals surface area contributed by atoms with Crippen molar-refractivity contribution in [1.29, 1.82) is 0 Å². The van der Waals surface area contributed by atoms with E-state index >= 15 is 0 Å². The van der Waals surface area contributed by atoms with E-state index in [-0.39, 0.29) is 48.0 Å². The number of sulfonamides is 1. The summed E-state index contributed by atoms with van der Waals surface area (Å²) < 4.78 is 40.2. The van der Waals surface area contributed by atoms with Crippen LogP contribution in [0.2, 0.25) is 0 Å². The Morgan fingerprint density at radius 2 is 1.73 bits per heavy atom. The normalized spacial score (nSPS) is 14.5. The first-order valence-corrected chi connectivity index (χ1v) is 14.4. The SMILES string of the molecule is Cc1ccc(S(=O)(=O)NCCNC(=O)c2csc(C3CCN(C(=O)Cc4ccc(F)cc4)CC3)n2)cc1. The molecule has 0 saturated carbocycles. The second-order valence-corrected chi connectivity index (χ2v) is 11.7. The van der Waals surface area contributed by atoms with E-state index in [2.05, 4.69) is 15.0 Å². The van der Waals surface area contributed by atoms with Crippen molar-refractivity contribution in [2.45, 2.75) is 37.0 Å². The highest BCUT2D eigenvalue weighted by molar-refractivity contribution is 7.89. The lowest BCUT2D eigenvalue weighted by Gasteiger charge is -2.31. The minimum atomic E-state index is -3.64. The van der Waals surface area contributed by atoms with Gasteiger partial charge in [-0.25, -0.2) is 22.5 Å². The minimum Gasteiger partial charge on any atom is -0.349 e. The van der Waals surface area contributed by atoms with Crippen molar-refractivity contribution in [2.24, 2.45) is 0 Å². The number of nitrogens with one attached hydrogen (secondary N) is 2. The summed E-state index contributed by atoms with van der Waals surface area (Å²) in [7, 11) is -3.64. The maximum absolute atomic E-state index is 13.1. The topological polar surface area (TPSA) is 108 Å². The smallest absolute Gasteiger partial charge is 0.270 e. The molecule has 4 rings (SSSR count). The molecule has 11 heteroatoms. The summed E-state index contributed by atoms with van der Waals surface area (Å²) >= 11 is 1.42. The molecule has 1 aromatic heterocycles. The Morgan fingerprint density at radius 1 is 1.05 bits per heavy atom. The molecule has 0 aliphatic carbocycles. The summed E-state index contributed by atoms with van der Waals surface area (Å²) in [6.07, 6.45) is 1.75. The monoisotopic (exact) mass is 544 g/mol. The van der Waals surface area contributed by atoms with Crippen LogP contribution in [-0.4, -0.2) is 56.3 Å². The van der Waals surface area contributed by atoms with E-state index in [4.69, 9.17) is 0 Å². The third-order valence-corrected chi connectivity index (χ3v) is 8.74. The standard InChI is InChI=1S/C26H29FN4O4S2/c1-18-2-8-22(9-3-18)37(34,35)29-13-12-28-25(33)23-17-36-26(30-23)20-10-14-31(15-11-20)24(32)16-19-4-6-21(27)7-5-19/h2-9,17,20,29H,10-16H2,1H3,(H,28,33). The average Bonchev–Trinajstić information content (AvgIpc) is 3.39. The number of hydrogen-bond donors (Lipinski definition) is 2. The van der Waals surface area contributed by atoms with Crippen molar-refractivity contribution < 1.29 is 22.4 Å². The van der Waals surface area contributed by atoms with Gasteiger partial charge in [0.1, 0.15) is 11.5 Å². The van der Waals surface area contributed by atoms with Crippen molar-refractivity contribution in [3.05, 3.63) is 81.6 Å². The number of likely N-dealkylation sites (tertiary alicyclic amines) is 1. The molecular weight excluding hydrogens is 515 g/mol. The first-order chi connectivity index (χ1) is 17.7. The van der Waals surface area contributed by atoms with Crippen LogP contribution >= 0.6 is 11.3 Å². The van der Waals surface area contributed by atoms with Crippen LogP contribution in [0.1, 0.15) is 45.4 Å². The summed E-state index contributed by atoms with van der Waals surface area (Å²) in [6.45, 7) is 3.28. The van der Waals surface area contributed by atoms with Crippen LogP contribution in [0.3, 0.4) is 0 Å². The zero-order valence-electron chi connectivity index (χ0n) is 20.4. The number of carbonyl (C=O) groups excluding carboxylic acids is 2. The molecule has 8 nitrogen and oxygen atoms in total. The van der Waals surface area contributed by atoms with Crippen LogP contribution in [0.15, 0.2) is 58.8 Å². The van der Waals surface area contributed by atoms with Crippen molar-refractivity contribution in [1.82, 2.24) is 19.9 Å². The van der Waals surface area contributed by atoms with Crippen molar-refractivity contribution in [3.63, 3.8) is 0 Å². The van der Waals surface area contributed by atoms with Crippen molar-refractivity contribution in [2.75, 3.05) is 26.2 Å². The summed E-state index contributed by atoms with van der Waals surface area (Å²) in [6, 6.07) is 12.5. The number of rotatable bonds is 9. The molecule has 3 aromatic rings. The lowest BCUT2D eigenvalue weighted by Crippen LogP contribution is -2.38. The number of thiazole rings is 1. The van der Waals surface area contributed by atoms with Gasteiger partial charge in [-0.3, -0.25) is 9.59 Å². The minimum absolute atomic E-state index is 0.0160. The van der Waals surface area contributed by atoms with Gasteiger partial charge >= 0.3 is 0 Å². The number of halogens is 1. The summed E-state index contributed by atoms with van der Waals surface area (Å²) in [5, 5.41) is 5.26. The van der Waals surface area contributed by atoms with Crippen LogP contribution in [-0.2, 0) is 21.2 Å². The first kappa shape index (κ1) is 26.9. The summed E-state index contributed by atoms with van der Waals surface area (Å²) in [5.74, 6) is -0.495. The second-order valence-electron chi connectivity index (χ2n) is 9.00. The quantitative estimate of drug-likeness (QED) is 0.402. The van der Waals surface area contributed by atoms with Gasteiger partial charge in [-0.2, -0.15) is 0 Å². The van der Waals surface area contributed by atoms with E-state index in [1.807, 2.05) is 11.8 Å². The van der Waals surface area contributed by atoms with Gasteiger partial charge in [0.05, 0.1) is 16.3 Å². The molecule has 1 aliphatic heterocycles. The molecule has 0 spiro atoms. The number of hydrogen-bond acceptors (Lipinski definition) is 6. The molecule has 196 valence electrons. The highest BCUT2D eigenvalue weighted by Crippen LogP contribution is 2.30. The summed E-state index contributed by atoms with van der Waals surface area (Å²) in [5.41, 5.74) is 2.05. The third kappa shape index (κ3) is 7.21. The average molecular weight is 545 g/mol. The van der Waals surface area contributed by atoms with Gasteiger partial charge < -0.3 is 10.2 Å². The van der Waals surface area contributed by atoms with Crippen LogP contribution in [0.5, 0.6) is 0 Å². The molecule has 2 aromatic carbocycles. The highest BCUT2D eigenvalue weighted by Gasteiger charge is 2.26. The highest BCUT2D eigenvalue weighted by atomic mass is 32.2. The molecular formula is C26H29FN4O4S2. The van der Waals surface area contributed by atoms with E-state index < -0.39 is 10.0 Å². The molecule has 0 unspecified atom stereocenters. The fraction of sp³-hybridized carbons (Fsp3) is 0.346. The van der Waals surface area contributed by atoms with E-state index in [1.54, 1.807) is 41.8 Å². The molecule has 0 bridgehead atoms. The number of piperidine rings is 1. The van der Waals surface area contributed by atoms with Gasteiger partial charge in [-0.15, -0.1) is 11.3 Å².